The number of rotatable bonds is 4. The monoisotopic (exact) mass is 386 g/mol. The second kappa shape index (κ2) is 8.32. The summed E-state index contributed by atoms with van der Waals surface area (Å²) in [4.78, 5) is 21.3. The minimum absolute atomic E-state index is 0.0134. The van der Waals surface area contributed by atoms with Gasteiger partial charge in [-0.1, -0.05) is 0 Å². The first-order valence-electron chi connectivity index (χ1n) is 9.88. The van der Waals surface area contributed by atoms with Crippen molar-refractivity contribution in [3.63, 3.8) is 0 Å². The van der Waals surface area contributed by atoms with Crippen molar-refractivity contribution in [2.45, 2.75) is 6.54 Å². The van der Waals surface area contributed by atoms with Crippen LogP contribution in [0.15, 0.2) is 40.8 Å². The Morgan fingerprint density at radius 3 is 2.29 bits per heavy atom. The van der Waals surface area contributed by atoms with Crippen LogP contribution in [0, 0.1) is 5.82 Å². The van der Waals surface area contributed by atoms with Crippen LogP contribution in [0.5, 0.6) is 0 Å². The van der Waals surface area contributed by atoms with E-state index in [0.717, 1.165) is 63.8 Å². The highest BCUT2D eigenvalue weighted by atomic mass is 19.1. The SMILES string of the molecule is CN1CCN(C(=O)c2ccc(CN3CCN(c4ccc(F)cc4)CC3)o2)CC1. The molecule has 2 aliphatic rings. The van der Waals surface area contributed by atoms with Crippen LogP contribution in [0.1, 0.15) is 16.3 Å². The zero-order valence-electron chi connectivity index (χ0n) is 16.3. The van der Waals surface area contributed by atoms with E-state index in [2.05, 4.69) is 21.7 Å². The van der Waals surface area contributed by atoms with Crippen molar-refractivity contribution in [3.05, 3.63) is 53.7 Å². The topological polar surface area (TPSA) is 43.2 Å². The molecule has 0 saturated carbocycles. The summed E-state index contributed by atoms with van der Waals surface area (Å²) in [5.74, 6) is 1.04. The zero-order chi connectivity index (χ0) is 19.5. The highest BCUT2D eigenvalue weighted by Gasteiger charge is 2.24. The summed E-state index contributed by atoms with van der Waals surface area (Å²) in [7, 11) is 2.07. The Kier molecular flexibility index (Phi) is 5.64. The normalized spacial score (nSPS) is 19.2. The number of likely N-dealkylation sites (N-methyl/N-ethyl adjacent to an activating group) is 1. The summed E-state index contributed by atoms with van der Waals surface area (Å²) in [5.41, 5.74) is 1.05. The van der Waals surface area contributed by atoms with E-state index in [-0.39, 0.29) is 11.7 Å². The molecule has 0 unspecified atom stereocenters. The molecule has 0 N–H and O–H groups in total. The molecule has 150 valence electrons. The van der Waals surface area contributed by atoms with Gasteiger partial charge in [0.1, 0.15) is 11.6 Å². The Hall–Kier alpha value is -2.38. The molecule has 2 aliphatic heterocycles. The molecule has 1 aromatic heterocycles. The number of furan rings is 1. The molecular formula is C21H27FN4O2. The fraction of sp³-hybridized carbons (Fsp3) is 0.476. The molecule has 0 atom stereocenters. The van der Waals surface area contributed by atoms with Crippen LogP contribution in [0.25, 0.3) is 0 Å². The zero-order valence-corrected chi connectivity index (χ0v) is 16.3. The molecule has 0 radical (unpaired) electrons. The fourth-order valence-corrected chi connectivity index (χ4v) is 3.78. The molecule has 1 amide bonds. The van der Waals surface area contributed by atoms with Gasteiger partial charge in [0.15, 0.2) is 5.76 Å². The number of hydrogen-bond acceptors (Lipinski definition) is 5. The van der Waals surface area contributed by atoms with Gasteiger partial charge in [0.25, 0.3) is 5.91 Å². The first kappa shape index (κ1) is 19.0. The van der Waals surface area contributed by atoms with Crippen LogP contribution >= 0.6 is 0 Å². The summed E-state index contributed by atoms with van der Waals surface area (Å²) >= 11 is 0. The van der Waals surface area contributed by atoms with Gasteiger partial charge in [0, 0.05) is 58.0 Å². The van der Waals surface area contributed by atoms with Gasteiger partial charge in [0.05, 0.1) is 6.54 Å². The molecule has 28 heavy (non-hydrogen) atoms. The molecule has 0 aliphatic carbocycles. The molecule has 7 heteroatoms. The molecule has 3 heterocycles. The number of halogens is 1. The van der Waals surface area contributed by atoms with Crippen molar-refractivity contribution in [1.29, 1.82) is 0 Å². The van der Waals surface area contributed by atoms with Crippen molar-refractivity contribution < 1.29 is 13.6 Å². The van der Waals surface area contributed by atoms with E-state index in [1.807, 2.05) is 23.1 Å². The third-order valence-corrected chi connectivity index (χ3v) is 5.61. The Morgan fingerprint density at radius 2 is 1.61 bits per heavy atom. The largest absolute Gasteiger partial charge is 0.455 e. The molecule has 0 spiro atoms. The van der Waals surface area contributed by atoms with E-state index >= 15 is 0 Å². The maximum Gasteiger partial charge on any atom is 0.289 e. The van der Waals surface area contributed by atoms with E-state index in [4.69, 9.17) is 4.42 Å². The third kappa shape index (κ3) is 4.36. The number of amides is 1. The van der Waals surface area contributed by atoms with Crippen molar-refractivity contribution in [3.8, 4) is 0 Å². The number of carbonyl (C=O) groups excluding carboxylic acids is 1. The van der Waals surface area contributed by atoms with Crippen LogP contribution < -0.4 is 4.90 Å². The van der Waals surface area contributed by atoms with E-state index in [0.29, 0.717) is 12.3 Å². The predicted molar refractivity (Wildman–Crippen MR) is 106 cm³/mol. The van der Waals surface area contributed by atoms with Gasteiger partial charge >= 0.3 is 0 Å². The summed E-state index contributed by atoms with van der Waals surface area (Å²) in [6.45, 7) is 7.58. The lowest BCUT2D eigenvalue weighted by Crippen LogP contribution is -2.47. The third-order valence-electron chi connectivity index (χ3n) is 5.61. The van der Waals surface area contributed by atoms with Gasteiger partial charge in [-0.15, -0.1) is 0 Å². The number of carbonyl (C=O) groups is 1. The summed E-state index contributed by atoms with van der Waals surface area (Å²) in [6.07, 6.45) is 0. The maximum absolute atomic E-state index is 13.1. The molecule has 2 aromatic rings. The first-order valence-corrected chi connectivity index (χ1v) is 9.88. The number of nitrogens with zero attached hydrogens (tertiary/aromatic N) is 4. The highest BCUT2D eigenvalue weighted by Crippen LogP contribution is 2.19. The average molecular weight is 386 g/mol. The molecule has 1 aromatic carbocycles. The molecule has 2 fully saturated rings. The molecule has 6 nitrogen and oxygen atoms in total. The first-order chi connectivity index (χ1) is 13.6. The van der Waals surface area contributed by atoms with Crippen LogP contribution in [0.3, 0.4) is 0 Å². The Morgan fingerprint density at radius 1 is 0.929 bits per heavy atom. The van der Waals surface area contributed by atoms with Crippen molar-refractivity contribution >= 4 is 11.6 Å². The van der Waals surface area contributed by atoms with Crippen molar-refractivity contribution in [2.75, 3.05) is 64.3 Å². The van der Waals surface area contributed by atoms with Crippen LogP contribution in [0.2, 0.25) is 0 Å². The van der Waals surface area contributed by atoms with E-state index < -0.39 is 0 Å². The lowest BCUT2D eigenvalue weighted by atomic mass is 10.2. The van der Waals surface area contributed by atoms with Crippen molar-refractivity contribution in [2.24, 2.45) is 0 Å². The van der Waals surface area contributed by atoms with Crippen LogP contribution in [-0.2, 0) is 6.54 Å². The smallest absolute Gasteiger partial charge is 0.289 e. The average Bonchev–Trinajstić information content (AvgIpc) is 3.18. The minimum Gasteiger partial charge on any atom is -0.455 e. The van der Waals surface area contributed by atoms with Gasteiger partial charge in [-0.3, -0.25) is 9.69 Å². The Labute approximate surface area is 165 Å². The summed E-state index contributed by atoms with van der Waals surface area (Å²) in [6, 6.07) is 10.4. The second-order valence-electron chi connectivity index (χ2n) is 7.60. The summed E-state index contributed by atoms with van der Waals surface area (Å²) in [5, 5.41) is 0. The highest BCUT2D eigenvalue weighted by molar-refractivity contribution is 5.91. The summed E-state index contributed by atoms with van der Waals surface area (Å²) < 4.78 is 18.9. The van der Waals surface area contributed by atoms with Crippen LogP contribution in [-0.4, -0.2) is 80.0 Å². The van der Waals surface area contributed by atoms with Gasteiger partial charge in [-0.2, -0.15) is 0 Å². The van der Waals surface area contributed by atoms with Gasteiger partial charge in [-0.05, 0) is 43.4 Å². The lowest BCUT2D eigenvalue weighted by Gasteiger charge is -2.35. The second-order valence-corrected chi connectivity index (χ2v) is 7.60. The predicted octanol–water partition coefficient (Wildman–Crippen LogP) is 2.13. The maximum atomic E-state index is 13.1. The fourth-order valence-electron chi connectivity index (χ4n) is 3.78. The van der Waals surface area contributed by atoms with Gasteiger partial charge in [0.2, 0.25) is 0 Å². The van der Waals surface area contributed by atoms with Crippen molar-refractivity contribution in [1.82, 2.24) is 14.7 Å². The standard InChI is InChI=1S/C21H27FN4O2/c1-23-8-12-26(13-9-23)21(27)20-7-6-19(28-20)16-24-10-14-25(15-11-24)18-4-2-17(22)3-5-18/h2-7H,8-16H2,1H3. The van der Waals surface area contributed by atoms with Gasteiger partial charge < -0.3 is 19.1 Å². The Balaban J connectivity index is 1.29. The number of piperazine rings is 2. The number of hydrogen-bond donors (Lipinski definition) is 0. The Bertz CT molecular complexity index is 791. The van der Waals surface area contributed by atoms with E-state index in [1.165, 1.54) is 12.1 Å². The minimum atomic E-state index is -0.206. The number of benzene rings is 1. The van der Waals surface area contributed by atoms with E-state index in [1.54, 1.807) is 6.07 Å². The molecular weight excluding hydrogens is 359 g/mol. The lowest BCUT2D eigenvalue weighted by molar-refractivity contribution is 0.0628. The number of anilines is 1. The molecule has 2 saturated heterocycles. The van der Waals surface area contributed by atoms with Crippen LogP contribution in [0.4, 0.5) is 10.1 Å². The van der Waals surface area contributed by atoms with E-state index in [9.17, 15) is 9.18 Å². The van der Waals surface area contributed by atoms with Gasteiger partial charge in [-0.25, -0.2) is 4.39 Å². The quantitative estimate of drug-likeness (QED) is 0.805. The molecule has 0 bridgehead atoms. The molecule has 4 rings (SSSR count).